The van der Waals surface area contributed by atoms with Gasteiger partial charge in [0, 0.05) is 31.0 Å². The Morgan fingerprint density at radius 1 is 1.31 bits per heavy atom. The lowest BCUT2D eigenvalue weighted by molar-refractivity contribution is 0.639. The zero-order chi connectivity index (χ0) is 11.4. The lowest BCUT2D eigenvalue weighted by Gasteiger charge is -2.06. The van der Waals surface area contributed by atoms with Gasteiger partial charge in [-0.2, -0.15) is 0 Å². The molecule has 0 bridgehead atoms. The maximum absolute atomic E-state index is 6.06. The largest absolute Gasteiger partial charge is 0.337 e. The fourth-order valence-corrected chi connectivity index (χ4v) is 1.72. The minimum absolute atomic E-state index is 0.745. The van der Waals surface area contributed by atoms with E-state index < -0.39 is 0 Å². The SMILES string of the molecule is Cn1ccnc1CNCc1ccccc1Cl. The second kappa shape index (κ2) is 5.14. The lowest BCUT2D eigenvalue weighted by Crippen LogP contribution is -2.15. The van der Waals surface area contributed by atoms with Crippen LogP contribution in [-0.4, -0.2) is 9.55 Å². The number of nitrogens with zero attached hydrogens (tertiary/aromatic N) is 2. The number of benzene rings is 1. The van der Waals surface area contributed by atoms with E-state index >= 15 is 0 Å². The molecule has 0 radical (unpaired) electrons. The maximum atomic E-state index is 6.06. The summed E-state index contributed by atoms with van der Waals surface area (Å²) in [5, 5.41) is 4.12. The van der Waals surface area contributed by atoms with Gasteiger partial charge in [0.05, 0.1) is 6.54 Å². The van der Waals surface area contributed by atoms with Gasteiger partial charge in [0.25, 0.3) is 0 Å². The Labute approximate surface area is 100 Å². The van der Waals surface area contributed by atoms with E-state index in [9.17, 15) is 0 Å². The Bertz CT molecular complexity index is 465. The number of aryl methyl sites for hydroxylation is 1. The first kappa shape index (κ1) is 11.2. The van der Waals surface area contributed by atoms with Crippen LogP contribution in [-0.2, 0) is 20.1 Å². The molecule has 1 aromatic heterocycles. The van der Waals surface area contributed by atoms with E-state index in [1.54, 1.807) is 6.20 Å². The summed E-state index contributed by atoms with van der Waals surface area (Å²) in [5.74, 6) is 1.02. The van der Waals surface area contributed by atoms with Crippen LogP contribution in [0.3, 0.4) is 0 Å². The van der Waals surface area contributed by atoms with Crippen LogP contribution in [0.25, 0.3) is 0 Å². The molecule has 0 saturated carbocycles. The van der Waals surface area contributed by atoms with Crippen molar-refractivity contribution in [2.75, 3.05) is 0 Å². The minimum Gasteiger partial charge on any atom is -0.337 e. The molecule has 3 nitrogen and oxygen atoms in total. The molecule has 4 heteroatoms. The van der Waals surface area contributed by atoms with Crippen molar-refractivity contribution in [3.05, 3.63) is 53.1 Å². The molecule has 0 aliphatic heterocycles. The van der Waals surface area contributed by atoms with E-state index in [1.165, 1.54) is 0 Å². The van der Waals surface area contributed by atoms with E-state index in [-0.39, 0.29) is 0 Å². The average Bonchev–Trinajstić information content (AvgIpc) is 2.67. The summed E-state index contributed by atoms with van der Waals surface area (Å²) in [6, 6.07) is 7.85. The predicted molar refractivity (Wildman–Crippen MR) is 65.2 cm³/mol. The van der Waals surface area contributed by atoms with Crippen molar-refractivity contribution in [3.63, 3.8) is 0 Å². The van der Waals surface area contributed by atoms with Crippen LogP contribution in [0.2, 0.25) is 5.02 Å². The first-order valence-corrected chi connectivity index (χ1v) is 5.55. The fourth-order valence-electron chi connectivity index (χ4n) is 1.52. The third-order valence-corrected chi connectivity index (χ3v) is 2.85. The number of nitrogens with one attached hydrogen (secondary N) is 1. The van der Waals surface area contributed by atoms with E-state index in [1.807, 2.05) is 42.1 Å². The summed E-state index contributed by atoms with van der Waals surface area (Å²) in [6.07, 6.45) is 3.74. The third kappa shape index (κ3) is 2.62. The van der Waals surface area contributed by atoms with Crippen LogP contribution < -0.4 is 5.32 Å². The molecule has 1 aromatic carbocycles. The van der Waals surface area contributed by atoms with Gasteiger partial charge in [-0.05, 0) is 11.6 Å². The van der Waals surface area contributed by atoms with Gasteiger partial charge in [0.2, 0.25) is 0 Å². The van der Waals surface area contributed by atoms with Crippen molar-refractivity contribution >= 4 is 11.6 Å². The molecule has 1 N–H and O–H groups in total. The first-order chi connectivity index (χ1) is 7.77. The Hall–Kier alpha value is -1.32. The highest BCUT2D eigenvalue weighted by molar-refractivity contribution is 6.31. The normalized spacial score (nSPS) is 10.6. The summed E-state index contributed by atoms with van der Waals surface area (Å²) in [5.41, 5.74) is 1.11. The van der Waals surface area contributed by atoms with E-state index in [2.05, 4.69) is 10.3 Å². The average molecular weight is 236 g/mol. The molecule has 2 rings (SSSR count). The van der Waals surface area contributed by atoms with Gasteiger partial charge in [-0.15, -0.1) is 0 Å². The Kier molecular flexibility index (Phi) is 3.59. The molecule has 0 fully saturated rings. The van der Waals surface area contributed by atoms with Gasteiger partial charge in [-0.3, -0.25) is 0 Å². The number of hydrogen-bond donors (Lipinski definition) is 1. The molecule has 16 heavy (non-hydrogen) atoms. The quantitative estimate of drug-likeness (QED) is 0.882. The van der Waals surface area contributed by atoms with Gasteiger partial charge >= 0.3 is 0 Å². The Morgan fingerprint density at radius 3 is 2.81 bits per heavy atom. The number of rotatable bonds is 4. The van der Waals surface area contributed by atoms with Gasteiger partial charge in [-0.1, -0.05) is 29.8 Å². The minimum atomic E-state index is 0.745. The summed E-state index contributed by atoms with van der Waals surface area (Å²) in [4.78, 5) is 4.24. The second-order valence-electron chi connectivity index (χ2n) is 3.65. The molecule has 0 atom stereocenters. The Balaban J connectivity index is 1.89. The van der Waals surface area contributed by atoms with Gasteiger partial charge < -0.3 is 9.88 Å². The van der Waals surface area contributed by atoms with Gasteiger partial charge in [0.15, 0.2) is 0 Å². The van der Waals surface area contributed by atoms with Gasteiger partial charge in [0.1, 0.15) is 5.82 Å². The third-order valence-electron chi connectivity index (χ3n) is 2.48. The molecule has 1 heterocycles. The number of imidazole rings is 1. The zero-order valence-electron chi connectivity index (χ0n) is 9.15. The molecule has 0 saturated heterocycles. The molecular weight excluding hydrogens is 222 g/mol. The number of halogens is 1. The standard InChI is InChI=1S/C12H14ClN3/c1-16-7-6-15-12(16)9-14-8-10-4-2-3-5-11(10)13/h2-7,14H,8-9H2,1H3. The summed E-state index contributed by atoms with van der Waals surface area (Å²) in [6.45, 7) is 1.50. The van der Waals surface area contributed by atoms with Crippen molar-refractivity contribution in [1.29, 1.82) is 0 Å². The van der Waals surface area contributed by atoms with Crippen molar-refractivity contribution < 1.29 is 0 Å². The summed E-state index contributed by atoms with van der Waals surface area (Å²) in [7, 11) is 1.99. The predicted octanol–water partition coefficient (Wildman–Crippen LogP) is 2.36. The smallest absolute Gasteiger partial charge is 0.122 e. The lowest BCUT2D eigenvalue weighted by atomic mass is 10.2. The van der Waals surface area contributed by atoms with Crippen molar-refractivity contribution in [2.45, 2.75) is 13.1 Å². The van der Waals surface area contributed by atoms with Crippen LogP contribution in [0.5, 0.6) is 0 Å². The second-order valence-corrected chi connectivity index (χ2v) is 4.06. The molecule has 0 spiro atoms. The molecule has 84 valence electrons. The fraction of sp³-hybridized carbons (Fsp3) is 0.250. The highest BCUT2D eigenvalue weighted by Gasteiger charge is 2.00. The van der Waals surface area contributed by atoms with Crippen LogP contribution in [0.15, 0.2) is 36.7 Å². The monoisotopic (exact) mass is 235 g/mol. The van der Waals surface area contributed by atoms with Crippen molar-refractivity contribution in [1.82, 2.24) is 14.9 Å². The van der Waals surface area contributed by atoms with Crippen molar-refractivity contribution in [2.24, 2.45) is 7.05 Å². The molecule has 0 unspecified atom stereocenters. The molecule has 0 aliphatic rings. The van der Waals surface area contributed by atoms with Crippen LogP contribution >= 0.6 is 11.6 Å². The zero-order valence-corrected chi connectivity index (χ0v) is 9.91. The van der Waals surface area contributed by atoms with Gasteiger partial charge in [-0.25, -0.2) is 4.98 Å². The summed E-state index contributed by atoms with van der Waals surface area (Å²) >= 11 is 6.06. The van der Waals surface area contributed by atoms with Crippen LogP contribution in [0.1, 0.15) is 11.4 Å². The van der Waals surface area contributed by atoms with E-state index in [0.29, 0.717) is 0 Å². The number of hydrogen-bond acceptors (Lipinski definition) is 2. The molecule has 0 aliphatic carbocycles. The Morgan fingerprint density at radius 2 is 2.12 bits per heavy atom. The number of aromatic nitrogens is 2. The highest BCUT2D eigenvalue weighted by atomic mass is 35.5. The van der Waals surface area contributed by atoms with Crippen molar-refractivity contribution in [3.8, 4) is 0 Å². The van der Waals surface area contributed by atoms with E-state index in [0.717, 1.165) is 29.5 Å². The summed E-state index contributed by atoms with van der Waals surface area (Å²) < 4.78 is 2.00. The molecular formula is C12H14ClN3. The highest BCUT2D eigenvalue weighted by Crippen LogP contribution is 2.14. The topological polar surface area (TPSA) is 29.9 Å². The first-order valence-electron chi connectivity index (χ1n) is 5.17. The van der Waals surface area contributed by atoms with E-state index in [4.69, 9.17) is 11.6 Å². The molecule has 0 amide bonds. The van der Waals surface area contributed by atoms with Crippen LogP contribution in [0, 0.1) is 0 Å². The maximum Gasteiger partial charge on any atom is 0.122 e. The molecule has 2 aromatic rings. The van der Waals surface area contributed by atoms with Crippen LogP contribution in [0.4, 0.5) is 0 Å².